The number of carbonyl (C=O) groups excluding carboxylic acids is 2. The molecule has 2 N–H and O–H groups in total. The van der Waals surface area contributed by atoms with Gasteiger partial charge in [0.15, 0.2) is 0 Å². The molecule has 0 aliphatic carbocycles. The number of aromatic nitrogens is 1. The van der Waals surface area contributed by atoms with Gasteiger partial charge in [0.25, 0.3) is 5.56 Å². The van der Waals surface area contributed by atoms with E-state index < -0.39 is 47.3 Å². The first-order valence-electron chi connectivity index (χ1n) is 9.25. The maximum Gasteiger partial charge on any atom is 1.00 e. The monoisotopic (exact) mass is 469 g/mol. The van der Waals surface area contributed by atoms with Crippen molar-refractivity contribution in [3.8, 4) is 16.9 Å². The maximum atomic E-state index is 14.6. The van der Waals surface area contributed by atoms with Crippen molar-refractivity contribution in [3.63, 3.8) is 0 Å². The molecular formula is C22H18FN3Na2O5. The summed E-state index contributed by atoms with van der Waals surface area (Å²) >= 11 is 0. The molecule has 0 aliphatic rings. The molecule has 2 amide bonds. The van der Waals surface area contributed by atoms with Gasteiger partial charge < -0.3 is 30.2 Å². The molecule has 3 rings (SSSR count). The molecule has 0 unspecified atom stereocenters. The second-order valence-corrected chi connectivity index (χ2v) is 6.80. The Balaban J connectivity index is 0.00000272. The SMILES string of the molecule is Cn1ccc([O-])c(NC(=O)N[C@@H](CC(=O)[O-])c2cc(-c3ccccc3)ccc2F)c1=O.[Na+].[Na+]. The van der Waals surface area contributed by atoms with Gasteiger partial charge in [0.1, 0.15) is 11.5 Å². The van der Waals surface area contributed by atoms with Gasteiger partial charge in [-0.25, -0.2) is 9.18 Å². The molecule has 160 valence electrons. The molecule has 0 saturated carbocycles. The Labute approximate surface area is 233 Å². The van der Waals surface area contributed by atoms with Crippen LogP contribution in [0.25, 0.3) is 11.1 Å². The van der Waals surface area contributed by atoms with Gasteiger partial charge in [-0.2, -0.15) is 0 Å². The number of carboxylic acid groups (broad SMARTS) is 1. The molecule has 0 saturated heterocycles. The third kappa shape index (κ3) is 7.43. The Morgan fingerprint density at radius 1 is 1.06 bits per heavy atom. The summed E-state index contributed by atoms with van der Waals surface area (Å²) in [6, 6.07) is 11.9. The molecule has 1 heterocycles. The quantitative estimate of drug-likeness (QED) is 0.351. The predicted octanol–water partition coefficient (Wildman–Crippen LogP) is -4.72. The van der Waals surface area contributed by atoms with Gasteiger partial charge in [0.05, 0.1) is 6.04 Å². The van der Waals surface area contributed by atoms with Crippen molar-refractivity contribution in [1.82, 2.24) is 9.88 Å². The Bertz CT molecular complexity index is 1190. The Kier molecular flexibility index (Phi) is 11.3. The molecule has 0 aliphatic heterocycles. The van der Waals surface area contributed by atoms with Crippen LogP contribution in [0.5, 0.6) is 5.75 Å². The van der Waals surface area contributed by atoms with Gasteiger partial charge in [-0.15, -0.1) is 0 Å². The summed E-state index contributed by atoms with van der Waals surface area (Å²) in [6.07, 6.45) is 0.525. The van der Waals surface area contributed by atoms with Crippen molar-refractivity contribution in [3.05, 3.63) is 82.5 Å². The molecular weight excluding hydrogens is 451 g/mol. The number of hydrogen-bond acceptors (Lipinski definition) is 5. The van der Waals surface area contributed by atoms with Crippen molar-refractivity contribution in [1.29, 1.82) is 0 Å². The second kappa shape index (κ2) is 12.9. The molecule has 1 atom stereocenters. The summed E-state index contributed by atoms with van der Waals surface area (Å²) in [6.45, 7) is 0. The van der Waals surface area contributed by atoms with Gasteiger partial charge in [0.2, 0.25) is 0 Å². The van der Waals surface area contributed by atoms with Gasteiger partial charge in [0, 0.05) is 31.2 Å². The van der Waals surface area contributed by atoms with Crippen LogP contribution in [-0.4, -0.2) is 16.6 Å². The summed E-state index contributed by atoms with van der Waals surface area (Å²) in [7, 11) is 1.40. The van der Waals surface area contributed by atoms with Crippen molar-refractivity contribution in [2.75, 3.05) is 5.32 Å². The van der Waals surface area contributed by atoms with Crippen LogP contribution >= 0.6 is 0 Å². The third-order valence-electron chi connectivity index (χ3n) is 4.62. The zero-order chi connectivity index (χ0) is 22.5. The summed E-state index contributed by atoms with van der Waals surface area (Å²) < 4.78 is 15.7. The number of aryl methyl sites for hydroxylation is 1. The second-order valence-electron chi connectivity index (χ2n) is 6.80. The van der Waals surface area contributed by atoms with E-state index in [-0.39, 0.29) is 64.7 Å². The van der Waals surface area contributed by atoms with Crippen molar-refractivity contribution in [2.24, 2.45) is 7.05 Å². The van der Waals surface area contributed by atoms with Crippen LogP contribution in [0.4, 0.5) is 14.9 Å². The first-order valence-corrected chi connectivity index (χ1v) is 9.25. The van der Waals surface area contributed by atoms with Crippen LogP contribution in [0, 0.1) is 5.82 Å². The van der Waals surface area contributed by atoms with Gasteiger partial charge in [-0.05, 0) is 23.3 Å². The molecule has 0 bridgehead atoms. The van der Waals surface area contributed by atoms with Crippen molar-refractivity contribution in [2.45, 2.75) is 12.5 Å². The van der Waals surface area contributed by atoms with Crippen LogP contribution < -0.4 is 85.5 Å². The minimum absolute atomic E-state index is 0. The predicted molar refractivity (Wildman–Crippen MR) is 107 cm³/mol. The number of aliphatic carboxylic acids is 1. The van der Waals surface area contributed by atoms with E-state index in [9.17, 15) is 29.0 Å². The number of nitrogens with one attached hydrogen (secondary N) is 2. The number of carboxylic acids is 1. The number of nitrogens with zero attached hydrogens (tertiary/aromatic N) is 1. The fraction of sp³-hybridized carbons (Fsp3) is 0.136. The number of halogens is 1. The Hall–Kier alpha value is -2.14. The molecule has 3 aromatic rings. The molecule has 0 spiro atoms. The molecule has 0 radical (unpaired) electrons. The van der Waals surface area contributed by atoms with Crippen LogP contribution in [-0.2, 0) is 11.8 Å². The fourth-order valence-corrected chi connectivity index (χ4v) is 3.06. The number of rotatable bonds is 6. The van der Waals surface area contributed by atoms with Crippen LogP contribution in [0.2, 0.25) is 0 Å². The number of carbonyl (C=O) groups is 2. The van der Waals surface area contributed by atoms with Crippen LogP contribution in [0.1, 0.15) is 18.0 Å². The van der Waals surface area contributed by atoms with Gasteiger partial charge >= 0.3 is 65.1 Å². The smallest absolute Gasteiger partial charge is 0.871 e. The number of anilines is 1. The number of urea groups is 1. The summed E-state index contributed by atoms with van der Waals surface area (Å²) in [5.41, 5.74) is 0.0547. The maximum absolute atomic E-state index is 14.6. The molecule has 11 heteroatoms. The van der Waals surface area contributed by atoms with E-state index in [0.717, 1.165) is 16.2 Å². The normalized spacial score (nSPS) is 10.8. The molecule has 8 nitrogen and oxygen atoms in total. The number of pyridine rings is 1. The van der Waals surface area contributed by atoms with E-state index in [4.69, 9.17) is 0 Å². The Morgan fingerprint density at radius 3 is 2.36 bits per heavy atom. The molecule has 0 fully saturated rings. The van der Waals surface area contributed by atoms with E-state index in [1.54, 1.807) is 24.3 Å². The molecule has 2 aromatic carbocycles. The zero-order valence-corrected chi connectivity index (χ0v) is 22.4. The average Bonchev–Trinajstić information content (AvgIpc) is 2.74. The van der Waals surface area contributed by atoms with Crippen molar-refractivity contribution >= 4 is 17.7 Å². The number of benzene rings is 2. The Morgan fingerprint density at radius 2 is 1.73 bits per heavy atom. The number of amides is 2. The van der Waals surface area contributed by atoms with Crippen LogP contribution in [0.15, 0.2) is 65.6 Å². The van der Waals surface area contributed by atoms with E-state index in [1.165, 1.54) is 31.4 Å². The average molecular weight is 469 g/mol. The van der Waals surface area contributed by atoms with E-state index in [1.807, 2.05) is 6.07 Å². The first-order chi connectivity index (χ1) is 14.8. The summed E-state index contributed by atoms with van der Waals surface area (Å²) in [5, 5.41) is 27.6. The van der Waals surface area contributed by atoms with E-state index in [0.29, 0.717) is 5.56 Å². The van der Waals surface area contributed by atoms with Gasteiger partial charge in [-0.1, -0.05) is 48.2 Å². The van der Waals surface area contributed by atoms with E-state index >= 15 is 0 Å². The third-order valence-corrected chi connectivity index (χ3v) is 4.62. The standard InChI is InChI=1S/C22H20FN3O5.2Na/c1-26-10-9-18(27)20(21(26)30)25-22(31)24-17(12-19(28)29)15-11-14(7-8-16(15)23)13-5-3-2-4-6-13;;/h2-11,17,27H,12H2,1H3,(H,28,29)(H2,24,25,31);;/q;2*+1/p-2/t17-;;/m0../s1. The summed E-state index contributed by atoms with van der Waals surface area (Å²) in [4.78, 5) is 35.7. The minimum atomic E-state index is -1.52. The molecule has 1 aromatic heterocycles. The summed E-state index contributed by atoms with van der Waals surface area (Å²) in [5.74, 6) is -2.96. The first kappa shape index (κ1) is 28.9. The number of hydrogen-bond donors (Lipinski definition) is 2. The largest absolute Gasteiger partial charge is 1.00 e. The van der Waals surface area contributed by atoms with Crippen LogP contribution in [0.3, 0.4) is 0 Å². The van der Waals surface area contributed by atoms with Gasteiger partial charge in [-0.3, -0.25) is 4.79 Å². The topological polar surface area (TPSA) is 126 Å². The van der Waals surface area contributed by atoms with E-state index in [2.05, 4.69) is 10.6 Å². The fourth-order valence-electron chi connectivity index (χ4n) is 3.06. The zero-order valence-electron chi connectivity index (χ0n) is 18.4. The molecule has 33 heavy (non-hydrogen) atoms. The minimum Gasteiger partial charge on any atom is -0.871 e. The van der Waals surface area contributed by atoms with Crippen molar-refractivity contribution < 1.29 is 83.3 Å².